The van der Waals surface area contributed by atoms with E-state index in [9.17, 15) is 22.9 Å². The SMILES string of the molecule is COc1c(F)cc(S(=O)(=O)NCC2=CCNCC2)cc1[N+](=O)[O-].Cl. The fourth-order valence-corrected chi connectivity index (χ4v) is 3.22. The lowest BCUT2D eigenvalue weighted by molar-refractivity contribution is -0.386. The Morgan fingerprint density at radius 2 is 2.17 bits per heavy atom. The van der Waals surface area contributed by atoms with Crippen LogP contribution in [0.1, 0.15) is 6.42 Å². The predicted octanol–water partition coefficient (Wildman–Crippen LogP) is 1.36. The summed E-state index contributed by atoms with van der Waals surface area (Å²) in [6.07, 6.45) is 2.56. The van der Waals surface area contributed by atoms with Gasteiger partial charge < -0.3 is 10.1 Å². The van der Waals surface area contributed by atoms with Gasteiger partial charge in [0.25, 0.3) is 0 Å². The molecule has 8 nitrogen and oxygen atoms in total. The number of nitro groups is 1. The average molecular weight is 382 g/mol. The Morgan fingerprint density at radius 3 is 2.71 bits per heavy atom. The summed E-state index contributed by atoms with van der Waals surface area (Å²) in [5.41, 5.74) is 0.157. The highest BCUT2D eigenvalue weighted by Gasteiger charge is 2.26. The number of rotatable bonds is 6. The molecule has 24 heavy (non-hydrogen) atoms. The summed E-state index contributed by atoms with van der Waals surface area (Å²) >= 11 is 0. The highest BCUT2D eigenvalue weighted by Crippen LogP contribution is 2.32. The fourth-order valence-electron chi connectivity index (χ4n) is 2.15. The van der Waals surface area contributed by atoms with Crippen LogP contribution in [0.3, 0.4) is 0 Å². The molecule has 0 spiro atoms. The minimum absolute atomic E-state index is 0. The van der Waals surface area contributed by atoms with Crippen LogP contribution in [0.4, 0.5) is 10.1 Å². The zero-order chi connectivity index (χ0) is 17.0. The summed E-state index contributed by atoms with van der Waals surface area (Å²) in [7, 11) is -3.00. The third-order valence-electron chi connectivity index (χ3n) is 3.36. The molecule has 0 bridgehead atoms. The molecule has 134 valence electrons. The van der Waals surface area contributed by atoms with Crippen molar-refractivity contribution in [2.24, 2.45) is 0 Å². The van der Waals surface area contributed by atoms with Gasteiger partial charge in [0.15, 0.2) is 5.82 Å². The molecular weight excluding hydrogens is 365 g/mol. The molecule has 0 saturated heterocycles. The molecule has 0 fully saturated rings. The maximum Gasteiger partial charge on any atom is 0.315 e. The van der Waals surface area contributed by atoms with Gasteiger partial charge in [-0.3, -0.25) is 10.1 Å². The van der Waals surface area contributed by atoms with Gasteiger partial charge in [-0.05, 0) is 19.0 Å². The van der Waals surface area contributed by atoms with Crippen LogP contribution in [0, 0.1) is 15.9 Å². The number of nitrogens with zero attached hydrogens (tertiary/aromatic N) is 1. The minimum Gasteiger partial charge on any atom is -0.488 e. The Labute approximate surface area is 144 Å². The molecule has 0 radical (unpaired) electrons. The van der Waals surface area contributed by atoms with Crippen molar-refractivity contribution < 1.29 is 22.5 Å². The number of sulfonamides is 1. The van der Waals surface area contributed by atoms with E-state index in [1.54, 1.807) is 0 Å². The van der Waals surface area contributed by atoms with Gasteiger partial charge in [0.05, 0.1) is 16.9 Å². The Hall–Kier alpha value is -1.75. The summed E-state index contributed by atoms with van der Waals surface area (Å²) in [4.78, 5) is 9.54. The van der Waals surface area contributed by atoms with E-state index >= 15 is 0 Å². The molecule has 1 aromatic rings. The topological polar surface area (TPSA) is 111 Å². The molecule has 1 aliphatic heterocycles. The van der Waals surface area contributed by atoms with Crippen molar-refractivity contribution >= 4 is 28.1 Å². The maximum atomic E-state index is 13.9. The van der Waals surface area contributed by atoms with Crippen LogP contribution in [0.5, 0.6) is 5.75 Å². The van der Waals surface area contributed by atoms with Crippen LogP contribution >= 0.6 is 12.4 Å². The number of methoxy groups -OCH3 is 1. The largest absolute Gasteiger partial charge is 0.488 e. The minimum atomic E-state index is -4.07. The molecule has 11 heteroatoms. The zero-order valence-corrected chi connectivity index (χ0v) is 14.4. The van der Waals surface area contributed by atoms with Crippen molar-refractivity contribution in [1.29, 1.82) is 0 Å². The summed E-state index contributed by atoms with van der Waals surface area (Å²) in [6, 6.07) is 1.48. The summed E-state index contributed by atoms with van der Waals surface area (Å²) in [5.74, 6) is -1.71. The van der Waals surface area contributed by atoms with E-state index in [4.69, 9.17) is 0 Å². The van der Waals surface area contributed by atoms with E-state index in [0.29, 0.717) is 19.0 Å². The number of halogens is 2. The fraction of sp³-hybridized carbons (Fsp3) is 0.385. The second-order valence-corrected chi connectivity index (χ2v) is 6.62. The first-order chi connectivity index (χ1) is 10.8. The van der Waals surface area contributed by atoms with Crippen LogP contribution in [-0.2, 0) is 10.0 Å². The molecule has 0 unspecified atom stereocenters. The molecule has 1 aromatic carbocycles. The van der Waals surface area contributed by atoms with E-state index in [2.05, 4.69) is 14.8 Å². The molecule has 0 amide bonds. The summed E-state index contributed by atoms with van der Waals surface area (Å²) in [6.45, 7) is 1.47. The van der Waals surface area contributed by atoms with Gasteiger partial charge in [0.1, 0.15) is 0 Å². The second-order valence-electron chi connectivity index (χ2n) is 4.86. The number of nitro benzene ring substituents is 1. The van der Waals surface area contributed by atoms with Crippen molar-refractivity contribution in [2.45, 2.75) is 11.3 Å². The van der Waals surface area contributed by atoms with Gasteiger partial charge >= 0.3 is 5.69 Å². The Kier molecular flexibility index (Phi) is 7.08. The van der Waals surface area contributed by atoms with Crippen LogP contribution in [0.15, 0.2) is 28.7 Å². The molecule has 0 aromatic heterocycles. The number of benzene rings is 1. The van der Waals surface area contributed by atoms with Crippen molar-refractivity contribution in [3.05, 3.63) is 39.7 Å². The zero-order valence-electron chi connectivity index (χ0n) is 12.7. The third-order valence-corrected chi connectivity index (χ3v) is 4.74. The van der Waals surface area contributed by atoms with Crippen LogP contribution < -0.4 is 14.8 Å². The van der Waals surface area contributed by atoms with Crippen LogP contribution in [-0.4, -0.2) is 40.1 Å². The summed E-state index contributed by atoms with van der Waals surface area (Å²) in [5, 5.41) is 14.0. The molecule has 1 aliphatic rings. The van der Waals surface area contributed by atoms with E-state index in [1.165, 1.54) is 0 Å². The number of ether oxygens (including phenoxy) is 1. The molecule has 0 atom stereocenters. The monoisotopic (exact) mass is 381 g/mol. The van der Waals surface area contributed by atoms with Crippen LogP contribution in [0.2, 0.25) is 0 Å². The standard InChI is InChI=1S/C13H16FN3O5S.ClH/c1-22-13-11(14)6-10(7-12(13)17(18)19)23(20,21)16-8-9-2-4-15-5-3-9;/h2,6-7,15-16H,3-5,8H2,1H3;1H. The van der Waals surface area contributed by atoms with E-state index in [-0.39, 0.29) is 19.0 Å². The quantitative estimate of drug-likeness (QED) is 0.437. The molecule has 2 rings (SSSR count). The third kappa shape index (κ3) is 4.63. The van der Waals surface area contributed by atoms with Crippen molar-refractivity contribution in [1.82, 2.24) is 10.0 Å². The average Bonchev–Trinajstić information content (AvgIpc) is 2.53. The smallest absolute Gasteiger partial charge is 0.315 e. The first-order valence-electron chi connectivity index (χ1n) is 6.75. The first-order valence-corrected chi connectivity index (χ1v) is 8.23. The van der Waals surface area contributed by atoms with Gasteiger partial charge in [0.2, 0.25) is 15.8 Å². The lowest BCUT2D eigenvalue weighted by Crippen LogP contribution is -2.29. The van der Waals surface area contributed by atoms with Crippen molar-refractivity contribution in [3.8, 4) is 5.75 Å². The van der Waals surface area contributed by atoms with Gasteiger partial charge in [-0.15, -0.1) is 12.4 Å². The number of nitrogens with one attached hydrogen (secondary N) is 2. The van der Waals surface area contributed by atoms with Gasteiger partial charge in [-0.2, -0.15) is 0 Å². The predicted molar refractivity (Wildman–Crippen MR) is 87.6 cm³/mol. The number of hydrogen-bond donors (Lipinski definition) is 2. The molecular formula is C13H17ClFN3O5S. The van der Waals surface area contributed by atoms with Gasteiger partial charge in [-0.1, -0.05) is 11.6 Å². The lowest BCUT2D eigenvalue weighted by atomic mass is 10.1. The van der Waals surface area contributed by atoms with E-state index in [1.807, 2.05) is 6.08 Å². The van der Waals surface area contributed by atoms with E-state index in [0.717, 1.165) is 25.3 Å². The van der Waals surface area contributed by atoms with Crippen LogP contribution in [0.25, 0.3) is 0 Å². The van der Waals surface area contributed by atoms with Crippen molar-refractivity contribution in [3.63, 3.8) is 0 Å². The molecule has 2 N–H and O–H groups in total. The molecule has 0 aliphatic carbocycles. The Balaban J connectivity index is 0.00000288. The summed E-state index contributed by atoms with van der Waals surface area (Å²) < 4.78 is 45.2. The first kappa shape index (κ1) is 20.3. The van der Waals surface area contributed by atoms with E-state index < -0.39 is 37.1 Å². The second kappa shape index (κ2) is 8.38. The molecule has 1 heterocycles. The highest BCUT2D eigenvalue weighted by atomic mass is 35.5. The van der Waals surface area contributed by atoms with Crippen molar-refractivity contribution in [2.75, 3.05) is 26.7 Å². The Morgan fingerprint density at radius 1 is 1.46 bits per heavy atom. The molecule has 0 saturated carbocycles. The Bertz CT molecular complexity index is 754. The lowest BCUT2D eigenvalue weighted by Gasteiger charge is -2.15. The number of hydrogen-bond acceptors (Lipinski definition) is 6. The van der Waals surface area contributed by atoms with Gasteiger partial charge in [0, 0.05) is 19.2 Å². The normalized spacial score (nSPS) is 14.5. The highest BCUT2D eigenvalue weighted by molar-refractivity contribution is 7.89. The van der Waals surface area contributed by atoms with Gasteiger partial charge in [-0.25, -0.2) is 17.5 Å². The maximum absolute atomic E-state index is 13.9.